The Balaban J connectivity index is 2.19. The first-order chi connectivity index (χ1) is 10.5. The van der Waals surface area contributed by atoms with Crippen molar-refractivity contribution in [3.05, 3.63) is 46.9 Å². The Hall–Kier alpha value is -2.70. The predicted octanol–water partition coefficient (Wildman–Crippen LogP) is 2.87. The minimum absolute atomic E-state index is 0.279. The summed E-state index contributed by atoms with van der Waals surface area (Å²) in [4.78, 5) is 11.9. The van der Waals surface area contributed by atoms with E-state index < -0.39 is 5.97 Å². The molecule has 0 spiro atoms. The fourth-order valence-electron chi connectivity index (χ4n) is 1.86. The monoisotopic (exact) mass is 304 g/mol. The Kier molecular flexibility index (Phi) is 4.88. The van der Waals surface area contributed by atoms with Crippen molar-refractivity contribution < 1.29 is 13.9 Å². The summed E-state index contributed by atoms with van der Waals surface area (Å²) >= 11 is 0. The SMILES string of the molecule is CCOC(=O)c1c(N/N=C(\C)c2ccc(F)cc2)n[nH]c1C. The number of esters is 1. The summed E-state index contributed by atoms with van der Waals surface area (Å²) in [6, 6.07) is 5.96. The lowest BCUT2D eigenvalue weighted by Gasteiger charge is -2.04. The van der Waals surface area contributed by atoms with Crippen LogP contribution in [0.5, 0.6) is 0 Å². The number of aryl methyl sites for hydroxylation is 1. The van der Waals surface area contributed by atoms with Gasteiger partial charge in [-0.3, -0.25) is 10.5 Å². The van der Waals surface area contributed by atoms with Crippen molar-refractivity contribution in [2.24, 2.45) is 5.10 Å². The highest BCUT2D eigenvalue weighted by Gasteiger charge is 2.19. The zero-order chi connectivity index (χ0) is 16.1. The summed E-state index contributed by atoms with van der Waals surface area (Å²) < 4.78 is 17.9. The number of hydrogen-bond donors (Lipinski definition) is 2. The van der Waals surface area contributed by atoms with Crippen molar-refractivity contribution in [1.29, 1.82) is 0 Å². The van der Waals surface area contributed by atoms with Gasteiger partial charge in [0.25, 0.3) is 0 Å². The van der Waals surface area contributed by atoms with E-state index in [1.165, 1.54) is 12.1 Å². The van der Waals surface area contributed by atoms with E-state index in [0.29, 0.717) is 17.0 Å². The summed E-state index contributed by atoms with van der Waals surface area (Å²) in [7, 11) is 0. The van der Waals surface area contributed by atoms with Crippen LogP contribution in [-0.4, -0.2) is 28.5 Å². The van der Waals surface area contributed by atoms with Gasteiger partial charge in [-0.2, -0.15) is 10.2 Å². The van der Waals surface area contributed by atoms with Gasteiger partial charge in [0.1, 0.15) is 11.4 Å². The molecular formula is C15H17FN4O2. The van der Waals surface area contributed by atoms with Crippen LogP contribution in [0.25, 0.3) is 0 Å². The van der Waals surface area contributed by atoms with Crippen LogP contribution in [-0.2, 0) is 4.74 Å². The lowest BCUT2D eigenvalue weighted by Crippen LogP contribution is -2.08. The first-order valence-electron chi connectivity index (χ1n) is 6.81. The molecule has 0 amide bonds. The molecule has 1 heterocycles. The molecule has 2 rings (SSSR count). The summed E-state index contributed by atoms with van der Waals surface area (Å²) in [5, 5.41) is 10.9. The number of H-pyrrole nitrogens is 1. The van der Waals surface area contributed by atoms with E-state index in [2.05, 4.69) is 20.7 Å². The Morgan fingerprint density at radius 1 is 1.41 bits per heavy atom. The van der Waals surface area contributed by atoms with Gasteiger partial charge in [-0.05, 0) is 38.5 Å². The maximum absolute atomic E-state index is 12.9. The number of carbonyl (C=O) groups excluding carboxylic acids is 1. The first kappa shape index (κ1) is 15.7. The normalized spacial score (nSPS) is 11.4. The third kappa shape index (κ3) is 3.49. The van der Waals surface area contributed by atoms with Crippen molar-refractivity contribution in [3.8, 4) is 0 Å². The number of rotatable bonds is 5. The summed E-state index contributed by atoms with van der Waals surface area (Å²) in [6.45, 7) is 5.50. The quantitative estimate of drug-likeness (QED) is 0.506. The summed E-state index contributed by atoms with van der Waals surface area (Å²) in [5.41, 5.74) is 5.05. The van der Waals surface area contributed by atoms with Gasteiger partial charge in [0.15, 0.2) is 5.82 Å². The minimum atomic E-state index is -0.467. The smallest absolute Gasteiger partial charge is 0.343 e. The van der Waals surface area contributed by atoms with Gasteiger partial charge in [0.2, 0.25) is 0 Å². The molecular weight excluding hydrogens is 287 g/mol. The fraction of sp³-hybridized carbons (Fsp3) is 0.267. The van der Waals surface area contributed by atoms with Crippen LogP contribution < -0.4 is 5.43 Å². The molecule has 2 N–H and O–H groups in total. The van der Waals surface area contributed by atoms with Gasteiger partial charge >= 0.3 is 5.97 Å². The number of hydrogen-bond acceptors (Lipinski definition) is 5. The number of aromatic nitrogens is 2. The molecule has 0 saturated carbocycles. The third-order valence-electron chi connectivity index (χ3n) is 3.02. The molecule has 0 aliphatic carbocycles. The number of nitrogens with zero attached hydrogens (tertiary/aromatic N) is 2. The Bertz CT molecular complexity index is 692. The highest BCUT2D eigenvalue weighted by molar-refractivity contribution is 6.00. The largest absolute Gasteiger partial charge is 0.462 e. The molecule has 2 aromatic rings. The van der Waals surface area contributed by atoms with Crippen LogP contribution in [0.15, 0.2) is 29.4 Å². The number of halogens is 1. The van der Waals surface area contributed by atoms with Crippen molar-refractivity contribution in [3.63, 3.8) is 0 Å². The molecule has 7 heteroatoms. The van der Waals surface area contributed by atoms with E-state index in [9.17, 15) is 9.18 Å². The second kappa shape index (κ2) is 6.84. The van der Waals surface area contributed by atoms with Gasteiger partial charge < -0.3 is 4.74 Å². The average Bonchev–Trinajstić information content (AvgIpc) is 2.86. The lowest BCUT2D eigenvalue weighted by atomic mass is 10.1. The molecule has 1 aromatic carbocycles. The predicted molar refractivity (Wildman–Crippen MR) is 81.5 cm³/mol. The molecule has 0 fully saturated rings. The molecule has 0 atom stereocenters. The van der Waals surface area contributed by atoms with E-state index in [-0.39, 0.29) is 18.2 Å². The molecule has 6 nitrogen and oxygen atoms in total. The minimum Gasteiger partial charge on any atom is -0.462 e. The van der Waals surface area contributed by atoms with Crippen LogP contribution >= 0.6 is 0 Å². The number of hydrazone groups is 1. The number of ether oxygens (including phenoxy) is 1. The van der Waals surface area contributed by atoms with Crippen LogP contribution in [0.2, 0.25) is 0 Å². The molecule has 22 heavy (non-hydrogen) atoms. The van der Waals surface area contributed by atoms with Gasteiger partial charge in [-0.25, -0.2) is 9.18 Å². The highest BCUT2D eigenvalue weighted by Crippen LogP contribution is 2.17. The second-order valence-corrected chi connectivity index (χ2v) is 4.61. The molecule has 0 saturated heterocycles. The van der Waals surface area contributed by atoms with Crippen molar-refractivity contribution >= 4 is 17.5 Å². The number of benzene rings is 1. The maximum Gasteiger partial charge on any atom is 0.343 e. The Morgan fingerprint density at radius 2 is 2.09 bits per heavy atom. The second-order valence-electron chi connectivity index (χ2n) is 4.61. The zero-order valence-corrected chi connectivity index (χ0v) is 12.6. The fourth-order valence-corrected chi connectivity index (χ4v) is 1.86. The molecule has 0 bridgehead atoms. The molecule has 0 unspecified atom stereocenters. The molecule has 0 radical (unpaired) electrons. The molecule has 0 aliphatic heterocycles. The van der Waals surface area contributed by atoms with E-state index in [4.69, 9.17) is 4.74 Å². The standard InChI is InChI=1S/C15H17FN4O2/c1-4-22-15(21)13-10(3)18-20-14(13)19-17-9(2)11-5-7-12(16)8-6-11/h5-8H,4H2,1-3H3,(H2,18,19,20)/b17-9+. The van der Waals surface area contributed by atoms with E-state index in [1.807, 2.05) is 0 Å². The highest BCUT2D eigenvalue weighted by atomic mass is 19.1. The Morgan fingerprint density at radius 3 is 2.73 bits per heavy atom. The molecule has 0 aliphatic rings. The van der Waals surface area contributed by atoms with Gasteiger partial charge in [-0.15, -0.1) is 0 Å². The molecule has 116 valence electrons. The number of nitrogens with one attached hydrogen (secondary N) is 2. The van der Waals surface area contributed by atoms with E-state index in [1.54, 1.807) is 32.9 Å². The number of carbonyl (C=O) groups is 1. The lowest BCUT2D eigenvalue weighted by molar-refractivity contribution is 0.0526. The first-order valence-corrected chi connectivity index (χ1v) is 6.81. The molecule has 1 aromatic heterocycles. The van der Waals surface area contributed by atoms with Crippen LogP contribution in [0.4, 0.5) is 10.2 Å². The van der Waals surface area contributed by atoms with Gasteiger partial charge in [-0.1, -0.05) is 12.1 Å². The third-order valence-corrected chi connectivity index (χ3v) is 3.02. The van der Waals surface area contributed by atoms with Crippen LogP contribution in [0.1, 0.15) is 35.5 Å². The Labute approximate surface area is 127 Å². The zero-order valence-electron chi connectivity index (χ0n) is 12.6. The maximum atomic E-state index is 12.9. The van der Waals surface area contributed by atoms with E-state index in [0.717, 1.165) is 5.56 Å². The van der Waals surface area contributed by atoms with Crippen molar-refractivity contribution in [2.45, 2.75) is 20.8 Å². The topological polar surface area (TPSA) is 79.4 Å². The van der Waals surface area contributed by atoms with Gasteiger partial charge in [0.05, 0.1) is 12.3 Å². The van der Waals surface area contributed by atoms with Gasteiger partial charge in [0, 0.05) is 5.69 Å². The number of aromatic amines is 1. The summed E-state index contributed by atoms with van der Waals surface area (Å²) in [5.74, 6) is -0.486. The summed E-state index contributed by atoms with van der Waals surface area (Å²) in [6.07, 6.45) is 0. The van der Waals surface area contributed by atoms with Crippen LogP contribution in [0.3, 0.4) is 0 Å². The number of anilines is 1. The average molecular weight is 304 g/mol. The van der Waals surface area contributed by atoms with Crippen molar-refractivity contribution in [1.82, 2.24) is 10.2 Å². The van der Waals surface area contributed by atoms with E-state index >= 15 is 0 Å². The van der Waals surface area contributed by atoms with Crippen molar-refractivity contribution in [2.75, 3.05) is 12.0 Å². The van der Waals surface area contributed by atoms with Crippen LogP contribution in [0, 0.1) is 12.7 Å².